The van der Waals surface area contributed by atoms with E-state index in [1.54, 1.807) is 18.2 Å². The topological polar surface area (TPSA) is 67.6 Å². The molecule has 1 fully saturated rings. The van der Waals surface area contributed by atoms with E-state index >= 15 is 0 Å². The lowest BCUT2D eigenvalue weighted by molar-refractivity contribution is 0.0721. The van der Waals surface area contributed by atoms with Gasteiger partial charge in [-0.15, -0.1) is 0 Å². The largest absolute Gasteiger partial charge is 0.468 e. The molecule has 1 saturated heterocycles. The summed E-state index contributed by atoms with van der Waals surface area (Å²) in [5, 5.41) is -0.507. The number of piperidine rings is 1. The predicted molar refractivity (Wildman–Crippen MR) is 86.7 cm³/mol. The highest BCUT2D eigenvalue weighted by Crippen LogP contribution is 2.23. The molecule has 0 spiro atoms. The van der Waals surface area contributed by atoms with Crippen molar-refractivity contribution in [3.63, 3.8) is 0 Å². The number of hydrogen-bond donors (Lipinski definition) is 0. The van der Waals surface area contributed by atoms with Crippen molar-refractivity contribution < 1.29 is 22.0 Å². The third kappa shape index (κ3) is 3.51. The van der Waals surface area contributed by atoms with Crippen molar-refractivity contribution in [1.82, 2.24) is 4.90 Å². The number of benzene rings is 1. The average molecular weight is 351 g/mol. The van der Waals surface area contributed by atoms with Crippen LogP contribution in [0.15, 0.2) is 47.1 Å². The molecule has 0 atom stereocenters. The quantitative estimate of drug-likeness (QED) is 0.849. The summed E-state index contributed by atoms with van der Waals surface area (Å²) < 4.78 is 43.7. The molecule has 0 saturated carbocycles. The second kappa shape index (κ2) is 6.76. The molecular weight excluding hydrogens is 333 g/mol. The fourth-order valence-corrected chi connectivity index (χ4v) is 4.66. The molecule has 0 N–H and O–H groups in total. The third-order valence-electron chi connectivity index (χ3n) is 4.26. The van der Waals surface area contributed by atoms with E-state index in [1.807, 2.05) is 0 Å². The summed E-state index contributed by atoms with van der Waals surface area (Å²) in [4.78, 5) is 13.9. The highest BCUT2D eigenvalue weighted by molar-refractivity contribution is 7.91. The summed E-state index contributed by atoms with van der Waals surface area (Å²) in [7, 11) is -3.33. The Kier molecular flexibility index (Phi) is 4.71. The summed E-state index contributed by atoms with van der Waals surface area (Å²) in [6.07, 6.45) is 2.15. The highest BCUT2D eigenvalue weighted by atomic mass is 32.2. The molecule has 1 aliphatic rings. The van der Waals surface area contributed by atoms with E-state index in [2.05, 4.69) is 0 Å². The molecule has 128 valence electrons. The Bertz CT molecular complexity index is 809. The van der Waals surface area contributed by atoms with Crippen molar-refractivity contribution in [1.29, 1.82) is 0 Å². The van der Waals surface area contributed by atoms with Crippen molar-refractivity contribution in [2.75, 3.05) is 13.1 Å². The van der Waals surface area contributed by atoms with E-state index in [9.17, 15) is 17.6 Å². The van der Waals surface area contributed by atoms with Crippen LogP contribution in [0.3, 0.4) is 0 Å². The van der Waals surface area contributed by atoms with Crippen LogP contribution < -0.4 is 0 Å². The second-order valence-electron chi connectivity index (χ2n) is 5.86. The molecule has 2 heterocycles. The van der Waals surface area contributed by atoms with E-state index in [0.29, 0.717) is 31.7 Å². The Morgan fingerprint density at radius 2 is 1.88 bits per heavy atom. The van der Waals surface area contributed by atoms with E-state index in [4.69, 9.17) is 4.42 Å². The van der Waals surface area contributed by atoms with Gasteiger partial charge in [0.2, 0.25) is 0 Å². The second-order valence-corrected chi connectivity index (χ2v) is 8.14. The van der Waals surface area contributed by atoms with Crippen LogP contribution in [-0.4, -0.2) is 37.6 Å². The number of sulfone groups is 1. The summed E-state index contributed by atoms with van der Waals surface area (Å²) in [5.41, 5.74) is 0.0226. The maximum Gasteiger partial charge on any atom is 0.256 e. The van der Waals surface area contributed by atoms with Crippen molar-refractivity contribution in [2.45, 2.75) is 23.8 Å². The monoisotopic (exact) mass is 351 g/mol. The molecule has 2 aromatic rings. The molecule has 0 aliphatic carbocycles. The zero-order chi connectivity index (χ0) is 17.2. The van der Waals surface area contributed by atoms with Gasteiger partial charge >= 0.3 is 0 Å². The number of rotatable bonds is 4. The zero-order valence-corrected chi connectivity index (χ0v) is 13.8. The molecule has 0 bridgehead atoms. The van der Waals surface area contributed by atoms with Gasteiger partial charge in [0.15, 0.2) is 9.84 Å². The van der Waals surface area contributed by atoms with E-state index in [1.165, 1.54) is 29.4 Å². The predicted octanol–water partition coefficient (Wildman–Crippen LogP) is 2.64. The smallest absolute Gasteiger partial charge is 0.256 e. The first-order valence-electron chi connectivity index (χ1n) is 7.75. The Morgan fingerprint density at radius 1 is 1.17 bits per heavy atom. The van der Waals surface area contributed by atoms with Crippen LogP contribution >= 0.6 is 0 Å². The minimum atomic E-state index is -3.33. The van der Waals surface area contributed by atoms with Crippen LogP contribution in [0, 0.1) is 5.82 Å². The van der Waals surface area contributed by atoms with Crippen molar-refractivity contribution >= 4 is 15.7 Å². The van der Waals surface area contributed by atoms with Crippen molar-refractivity contribution in [3.8, 4) is 0 Å². The van der Waals surface area contributed by atoms with Gasteiger partial charge < -0.3 is 9.32 Å². The summed E-state index contributed by atoms with van der Waals surface area (Å²) in [6.45, 7) is 0.602. The molecule has 3 rings (SSSR count). The molecular formula is C17H18FNO4S. The highest BCUT2D eigenvalue weighted by Gasteiger charge is 2.32. The standard InChI is InChI=1S/C17H18FNO4S/c18-16-6-2-1-5-15(16)17(20)19-9-7-14(8-10-19)24(21,22)12-13-4-3-11-23-13/h1-6,11,14H,7-10,12H2. The Balaban J connectivity index is 1.63. The van der Waals surface area contributed by atoms with Gasteiger partial charge in [-0.2, -0.15) is 0 Å². The van der Waals surface area contributed by atoms with Gasteiger partial charge in [-0.25, -0.2) is 12.8 Å². The van der Waals surface area contributed by atoms with Gasteiger partial charge in [0.25, 0.3) is 5.91 Å². The van der Waals surface area contributed by atoms with Crippen LogP contribution in [0.1, 0.15) is 29.0 Å². The number of likely N-dealkylation sites (tertiary alicyclic amines) is 1. The van der Waals surface area contributed by atoms with Crippen molar-refractivity contribution in [3.05, 3.63) is 59.8 Å². The first-order valence-corrected chi connectivity index (χ1v) is 9.46. The Morgan fingerprint density at radius 3 is 2.50 bits per heavy atom. The first-order chi connectivity index (χ1) is 11.5. The number of carbonyl (C=O) groups excluding carboxylic acids is 1. The molecule has 24 heavy (non-hydrogen) atoms. The summed E-state index contributed by atoms with van der Waals surface area (Å²) in [6, 6.07) is 9.11. The fourth-order valence-electron chi connectivity index (χ4n) is 2.93. The maximum atomic E-state index is 13.7. The van der Waals surface area contributed by atoms with Gasteiger partial charge in [0.1, 0.15) is 17.3 Å². The number of carbonyl (C=O) groups is 1. The molecule has 1 aliphatic heterocycles. The van der Waals surface area contributed by atoms with Crippen LogP contribution in [0.5, 0.6) is 0 Å². The number of hydrogen-bond acceptors (Lipinski definition) is 4. The summed E-state index contributed by atoms with van der Waals surface area (Å²) in [5.74, 6) is -0.670. The van der Waals surface area contributed by atoms with Gasteiger partial charge in [0.05, 0.1) is 17.1 Å². The zero-order valence-electron chi connectivity index (χ0n) is 13.0. The lowest BCUT2D eigenvalue weighted by atomic mass is 10.1. The maximum absolute atomic E-state index is 13.7. The number of amides is 1. The average Bonchev–Trinajstić information content (AvgIpc) is 3.07. The Hall–Kier alpha value is -2.15. The number of furan rings is 1. The van der Waals surface area contributed by atoms with E-state index < -0.39 is 26.8 Å². The van der Waals surface area contributed by atoms with E-state index in [-0.39, 0.29) is 11.3 Å². The SMILES string of the molecule is O=C(c1ccccc1F)N1CCC(S(=O)(=O)Cc2ccco2)CC1. The minimum absolute atomic E-state index is 0.0226. The van der Waals surface area contributed by atoms with Crippen LogP contribution in [0.25, 0.3) is 0 Å². The van der Waals surface area contributed by atoms with E-state index in [0.717, 1.165) is 0 Å². The van der Waals surface area contributed by atoms with Crippen LogP contribution in [0.2, 0.25) is 0 Å². The molecule has 0 radical (unpaired) electrons. The molecule has 1 amide bonds. The number of nitrogens with zero attached hydrogens (tertiary/aromatic N) is 1. The first kappa shape index (κ1) is 16.7. The normalized spacial score (nSPS) is 16.3. The minimum Gasteiger partial charge on any atom is -0.468 e. The summed E-state index contributed by atoms with van der Waals surface area (Å²) >= 11 is 0. The lowest BCUT2D eigenvalue weighted by Gasteiger charge is -2.31. The Labute approximate surface area is 140 Å². The lowest BCUT2D eigenvalue weighted by Crippen LogP contribution is -2.43. The van der Waals surface area contributed by atoms with Crippen LogP contribution in [0.4, 0.5) is 4.39 Å². The number of halogens is 1. The van der Waals surface area contributed by atoms with Crippen molar-refractivity contribution in [2.24, 2.45) is 0 Å². The molecule has 1 aromatic heterocycles. The molecule has 0 unspecified atom stereocenters. The third-order valence-corrected chi connectivity index (χ3v) is 6.44. The molecule has 5 nitrogen and oxygen atoms in total. The molecule has 7 heteroatoms. The van der Waals surface area contributed by atoms with Gasteiger partial charge in [-0.3, -0.25) is 4.79 Å². The molecule has 1 aromatic carbocycles. The van der Waals surface area contributed by atoms with Gasteiger partial charge in [0, 0.05) is 13.1 Å². The van der Waals surface area contributed by atoms with Gasteiger partial charge in [-0.05, 0) is 37.1 Å². The fraction of sp³-hybridized carbons (Fsp3) is 0.353. The van der Waals surface area contributed by atoms with Gasteiger partial charge in [-0.1, -0.05) is 12.1 Å². The van der Waals surface area contributed by atoms with Crippen LogP contribution in [-0.2, 0) is 15.6 Å².